The van der Waals surface area contributed by atoms with Gasteiger partial charge in [0.15, 0.2) is 0 Å². The van der Waals surface area contributed by atoms with Crippen molar-refractivity contribution < 1.29 is 14.3 Å². The molecule has 1 amide bonds. The number of rotatable bonds is 2. The quantitative estimate of drug-likeness (QED) is 0.566. The Balaban J connectivity index is 2.18. The van der Waals surface area contributed by atoms with Gasteiger partial charge >= 0.3 is 5.97 Å². The molecule has 0 aliphatic carbocycles. The Hall–Kier alpha value is -1.06. The molecule has 4 nitrogen and oxygen atoms in total. The van der Waals surface area contributed by atoms with Gasteiger partial charge in [0.25, 0.3) is 0 Å². The molecule has 0 radical (unpaired) electrons. The summed E-state index contributed by atoms with van der Waals surface area (Å²) in [5.41, 5.74) is 0. The summed E-state index contributed by atoms with van der Waals surface area (Å²) in [4.78, 5) is 21.0. The molecule has 62 valence electrons. The van der Waals surface area contributed by atoms with E-state index in [0.717, 1.165) is 6.42 Å². The zero-order chi connectivity index (χ0) is 8.27. The molecule has 4 heteroatoms. The Morgan fingerprint density at radius 1 is 1.82 bits per heavy atom. The van der Waals surface area contributed by atoms with E-state index < -0.39 is 0 Å². The Morgan fingerprint density at radius 3 is 3.00 bits per heavy atom. The summed E-state index contributed by atoms with van der Waals surface area (Å²) in [5.74, 6) is -0.256. The first-order valence-corrected chi connectivity index (χ1v) is 3.61. The number of amides is 1. The number of ether oxygens (including phenoxy) is 1. The zero-order valence-corrected chi connectivity index (χ0v) is 6.42. The molecule has 1 saturated heterocycles. The summed E-state index contributed by atoms with van der Waals surface area (Å²) in [7, 11) is 0. The molecule has 1 heterocycles. The van der Waals surface area contributed by atoms with Gasteiger partial charge in [0.1, 0.15) is 6.61 Å². The van der Waals surface area contributed by atoms with E-state index in [1.807, 2.05) is 0 Å². The van der Waals surface area contributed by atoms with Crippen LogP contribution in [0.15, 0.2) is 0 Å². The molecule has 0 aromatic heterocycles. The maximum Gasteiger partial charge on any atom is 0.302 e. The van der Waals surface area contributed by atoms with Crippen LogP contribution in [0.4, 0.5) is 0 Å². The lowest BCUT2D eigenvalue weighted by Gasteiger charge is -2.08. The standard InChI is InChI=1S/C7H11NO3/c1-5(9)11-4-6-2-3-7(10)8-6/h6H,2-4H2,1H3,(H,8,10)/t6-/m1/s1. The molecule has 0 aromatic carbocycles. The SMILES string of the molecule is CC(=O)OC[C@H]1CCC(=O)N1. The van der Waals surface area contributed by atoms with Crippen LogP contribution in [0, 0.1) is 0 Å². The van der Waals surface area contributed by atoms with Crippen LogP contribution in [0.5, 0.6) is 0 Å². The first-order chi connectivity index (χ1) is 5.18. The van der Waals surface area contributed by atoms with Crippen molar-refractivity contribution in [1.82, 2.24) is 5.32 Å². The molecule has 11 heavy (non-hydrogen) atoms. The summed E-state index contributed by atoms with van der Waals surface area (Å²) >= 11 is 0. The third-order valence-corrected chi connectivity index (χ3v) is 1.57. The zero-order valence-electron chi connectivity index (χ0n) is 6.42. The molecule has 1 atom stereocenters. The molecule has 1 aliphatic heterocycles. The summed E-state index contributed by atoms with van der Waals surface area (Å²) in [6, 6.07) is 0.0337. The van der Waals surface area contributed by atoms with Gasteiger partial charge in [-0.1, -0.05) is 0 Å². The van der Waals surface area contributed by atoms with Gasteiger partial charge in [0.05, 0.1) is 6.04 Å². The van der Waals surface area contributed by atoms with E-state index in [1.165, 1.54) is 6.92 Å². The maximum absolute atomic E-state index is 10.6. The van der Waals surface area contributed by atoms with E-state index >= 15 is 0 Å². The molecule has 0 saturated carbocycles. The minimum Gasteiger partial charge on any atom is -0.464 e. The molecule has 0 aromatic rings. The lowest BCUT2D eigenvalue weighted by Crippen LogP contribution is -2.30. The van der Waals surface area contributed by atoms with Gasteiger partial charge in [-0.25, -0.2) is 0 Å². The first kappa shape index (κ1) is 8.04. The highest BCUT2D eigenvalue weighted by molar-refractivity contribution is 5.78. The number of hydrogen-bond acceptors (Lipinski definition) is 3. The first-order valence-electron chi connectivity index (χ1n) is 3.61. The van der Waals surface area contributed by atoms with E-state index in [-0.39, 0.29) is 17.9 Å². The van der Waals surface area contributed by atoms with E-state index in [9.17, 15) is 9.59 Å². The maximum atomic E-state index is 10.6. The minimum absolute atomic E-state index is 0.0337. The summed E-state index contributed by atoms with van der Waals surface area (Å²) in [5, 5.41) is 2.69. The molecule has 1 aliphatic rings. The van der Waals surface area contributed by atoms with Gasteiger partial charge in [0.2, 0.25) is 5.91 Å². The van der Waals surface area contributed by atoms with Crippen LogP contribution in [0.3, 0.4) is 0 Å². The van der Waals surface area contributed by atoms with Crippen molar-refractivity contribution in [3.8, 4) is 0 Å². The fourth-order valence-corrected chi connectivity index (χ4v) is 1.02. The third kappa shape index (κ3) is 2.57. The van der Waals surface area contributed by atoms with E-state index in [1.54, 1.807) is 0 Å². The summed E-state index contributed by atoms with van der Waals surface area (Å²) in [6.45, 7) is 1.66. The molecule has 1 rings (SSSR count). The van der Waals surface area contributed by atoms with Gasteiger partial charge in [0, 0.05) is 13.3 Å². The van der Waals surface area contributed by atoms with Crippen LogP contribution in [0.2, 0.25) is 0 Å². The van der Waals surface area contributed by atoms with E-state index in [2.05, 4.69) is 5.32 Å². The Bertz CT molecular complexity index is 179. The predicted octanol–water partition coefficient (Wildman–Crippen LogP) is -0.172. The normalized spacial score (nSPS) is 23.0. The van der Waals surface area contributed by atoms with Gasteiger partial charge in [-0.15, -0.1) is 0 Å². The largest absolute Gasteiger partial charge is 0.464 e. The smallest absolute Gasteiger partial charge is 0.302 e. The van der Waals surface area contributed by atoms with Crippen molar-refractivity contribution >= 4 is 11.9 Å². The topological polar surface area (TPSA) is 55.4 Å². The fraction of sp³-hybridized carbons (Fsp3) is 0.714. The summed E-state index contributed by atoms with van der Waals surface area (Å²) in [6.07, 6.45) is 1.32. The van der Waals surface area contributed by atoms with Crippen LogP contribution in [0.25, 0.3) is 0 Å². The minimum atomic E-state index is -0.300. The van der Waals surface area contributed by atoms with Crippen molar-refractivity contribution in [1.29, 1.82) is 0 Å². The summed E-state index contributed by atoms with van der Waals surface area (Å²) < 4.78 is 4.72. The van der Waals surface area contributed by atoms with Crippen LogP contribution < -0.4 is 5.32 Å². The van der Waals surface area contributed by atoms with Crippen LogP contribution in [-0.2, 0) is 14.3 Å². The number of nitrogens with one attached hydrogen (secondary N) is 1. The Morgan fingerprint density at radius 2 is 2.55 bits per heavy atom. The average molecular weight is 157 g/mol. The highest BCUT2D eigenvalue weighted by Crippen LogP contribution is 2.06. The van der Waals surface area contributed by atoms with Gasteiger partial charge in [-0.2, -0.15) is 0 Å². The molecule has 0 spiro atoms. The Kier molecular flexibility index (Phi) is 2.46. The van der Waals surface area contributed by atoms with Crippen LogP contribution >= 0.6 is 0 Å². The predicted molar refractivity (Wildman–Crippen MR) is 37.8 cm³/mol. The number of carbonyl (C=O) groups excluding carboxylic acids is 2. The van der Waals surface area contributed by atoms with Crippen LogP contribution in [0.1, 0.15) is 19.8 Å². The second-order valence-electron chi connectivity index (χ2n) is 2.61. The van der Waals surface area contributed by atoms with Gasteiger partial charge < -0.3 is 10.1 Å². The van der Waals surface area contributed by atoms with Gasteiger partial charge in [-0.05, 0) is 6.42 Å². The van der Waals surface area contributed by atoms with Gasteiger partial charge in [-0.3, -0.25) is 9.59 Å². The highest BCUT2D eigenvalue weighted by Gasteiger charge is 2.21. The highest BCUT2D eigenvalue weighted by atomic mass is 16.5. The number of esters is 1. The molecule has 1 N–H and O–H groups in total. The Labute approximate surface area is 64.9 Å². The second-order valence-corrected chi connectivity index (χ2v) is 2.61. The number of carbonyl (C=O) groups is 2. The van der Waals surface area contributed by atoms with Crippen molar-refractivity contribution in [2.24, 2.45) is 0 Å². The van der Waals surface area contributed by atoms with Crippen molar-refractivity contribution in [2.45, 2.75) is 25.8 Å². The third-order valence-electron chi connectivity index (χ3n) is 1.57. The molecule has 0 bridgehead atoms. The monoisotopic (exact) mass is 157 g/mol. The van der Waals surface area contributed by atoms with Crippen molar-refractivity contribution in [2.75, 3.05) is 6.61 Å². The number of hydrogen-bond donors (Lipinski definition) is 1. The lowest BCUT2D eigenvalue weighted by molar-refractivity contribution is -0.141. The molecule has 0 unspecified atom stereocenters. The molecular weight excluding hydrogens is 146 g/mol. The lowest BCUT2D eigenvalue weighted by atomic mass is 10.2. The van der Waals surface area contributed by atoms with Crippen molar-refractivity contribution in [3.05, 3.63) is 0 Å². The second kappa shape index (κ2) is 3.37. The van der Waals surface area contributed by atoms with Crippen LogP contribution in [-0.4, -0.2) is 24.5 Å². The van der Waals surface area contributed by atoms with E-state index in [4.69, 9.17) is 4.74 Å². The van der Waals surface area contributed by atoms with Crippen molar-refractivity contribution in [3.63, 3.8) is 0 Å². The fourth-order valence-electron chi connectivity index (χ4n) is 1.02. The van der Waals surface area contributed by atoms with E-state index in [0.29, 0.717) is 13.0 Å². The molecule has 1 fully saturated rings. The molecular formula is C7H11NO3. The average Bonchev–Trinajstić information content (AvgIpc) is 2.31.